The Morgan fingerprint density at radius 2 is 2.04 bits per heavy atom. The molecule has 0 fully saturated rings. The van der Waals surface area contributed by atoms with E-state index in [1.165, 1.54) is 13.4 Å². The van der Waals surface area contributed by atoms with Gasteiger partial charge in [0, 0.05) is 17.1 Å². The number of ether oxygens (including phenoxy) is 2. The fraction of sp³-hybridized carbons (Fsp3) is 0.167. The highest BCUT2D eigenvalue weighted by Gasteiger charge is 2.12. The number of nitrogens with one attached hydrogen (secondary N) is 1. The van der Waals surface area contributed by atoms with E-state index in [2.05, 4.69) is 15.3 Å². The Hall–Kier alpha value is -3.35. The number of hydrogen-bond donors (Lipinski definition) is 2. The maximum atomic E-state index is 10.9. The highest BCUT2D eigenvalue weighted by molar-refractivity contribution is 5.93. The van der Waals surface area contributed by atoms with Crippen molar-refractivity contribution in [2.24, 2.45) is 5.73 Å². The van der Waals surface area contributed by atoms with Gasteiger partial charge < -0.3 is 20.5 Å². The molecule has 2 aromatic carbocycles. The van der Waals surface area contributed by atoms with Crippen LogP contribution in [0.15, 0.2) is 42.7 Å². The molecular weight excluding hydrogens is 320 g/mol. The zero-order valence-electron chi connectivity index (χ0n) is 13.9. The average molecular weight is 338 g/mol. The number of benzene rings is 2. The second-order valence-electron chi connectivity index (χ2n) is 5.49. The molecular formula is C18H18N4O3. The van der Waals surface area contributed by atoms with Gasteiger partial charge in [0.15, 0.2) is 18.1 Å². The topological polar surface area (TPSA) is 99.4 Å². The van der Waals surface area contributed by atoms with Crippen LogP contribution in [-0.4, -0.2) is 29.6 Å². The van der Waals surface area contributed by atoms with E-state index in [0.29, 0.717) is 22.8 Å². The summed E-state index contributed by atoms with van der Waals surface area (Å²) in [6, 6.07) is 11.4. The number of nitrogens with two attached hydrogens (primary N) is 1. The molecule has 3 rings (SSSR count). The predicted octanol–water partition coefficient (Wildman–Crippen LogP) is 2.55. The second kappa shape index (κ2) is 7.04. The summed E-state index contributed by atoms with van der Waals surface area (Å²) in [5.41, 5.74) is 7.85. The van der Waals surface area contributed by atoms with Crippen LogP contribution in [0.1, 0.15) is 5.56 Å². The smallest absolute Gasteiger partial charge is 0.255 e. The lowest BCUT2D eigenvalue weighted by Crippen LogP contribution is -2.20. The van der Waals surface area contributed by atoms with Gasteiger partial charge in [-0.2, -0.15) is 0 Å². The third kappa shape index (κ3) is 3.77. The van der Waals surface area contributed by atoms with Gasteiger partial charge in [-0.25, -0.2) is 9.97 Å². The van der Waals surface area contributed by atoms with Crippen molar-refractivity contribution in [3.63, 3.8) is 0 Å². The van der Waals surface area contributed by atoms with Gasteiger partial charge in [0.25, 0.3) is 5.91 Å². The quantitative estimate of drug-likeness (QED) is 0.716. The number of anilines is 2. The van der Waals surface area contributed by atoms with Crippen molar-refractivity contribution in [1.82, 2.24) is 9.97 Å². The standard InChI is InChI=1S/C18H18N4O3/c1-11-4-3-5-12(6-11)22-18-13-7-15(24-2)16(25-9-17(19)23)8-14(13)20-10-21-18/h3-8,10H,9H2,1-2H3,(H2,19,23)(H,20,21,22). The van der Waals surface area contributed by atoms with E-state index in [1.807, 2.05) is 31.2 Å². The first-order chi connectivity index (χ1) is 12.1. The van der Waals surface area contributed by atoms with E-state index in [0.717, 1.165) is 16.6 Å². The minimum Gasteiger partial charge on any atom is -0.493 e. The molecule has 0 bridgehead atoms. The maximum absolute atomic E-state index is 10.9. The van der Waals surface area contributed by atoms with Crippen molar-refractivity contribution in [3.8, 4) is 11.5 Å². The van der Waals surface area contributed by atoms with Gasteiger partial charge in [-0.15, -0.1) is 0 Å². The Labute approximate surface area is 144 Å². The molecule has 1 heterocycles. The lowest BCUT2D eigenvalue weighted by atomic mass is 10.2. The minimum atomic E-state index is -0.563. The van der Waals surface area contributed by atoms with Crippen molar-refractivity contribution in [2.45, 2.75) is 6.92 Å². The number of carbonyl (C=O) groups excluding carboxylic acids is 1. The van der Waals surface area contributed by atoms with Gasteiger partial charge in [0.1, 0.15) is 12.1 Å². The maximum Gasteiger partial charge on any atom is 0.255 e. The Morgan fingerprint density at radius 1 is 1.20 bits per heavy atom. The molecule has 0 saturated carbocycles. The predicted molar refractivity (Wildman–Crippen MR) is 95.2 cm³/mol. The number of aromatic nitrogens is 2. The number of methoxy groups -OCH3 is 1. The van der Waals surface area contributed by atoms with E-state index in [9.17, 15) is 4.79 Å². The molecule has 25 heavy (non-hydrogen) atoms. The fourth-order valence-electron chi connectivity index (χ4n) is 2.44. The van der Waals surface area contributed by atoms with Crippen LogP contribution in [-0.2, 0) is 4.79 Å². The fourth-order valence-corrected chi connectivity index (χ4v) is 2.44. The van der Waals surface area contributed by atoms with Gasteiger partial charge in [-0.3, -0.25) is 4.79 Å². The lowest BCUT2D eigenvalue weighted by molar-refractivity contribution is -0.119. The van der Waals surface area contributed by atoms with Crippen LogP contribution < -0.4 is 20.5 Å². The van der Waals surface area contributed by atoms with Gasteiger partial charge >= 0.3 is 0 Å². The number of amides is 1. The van der Waals surface area contributed by atoms with Crippen LogP contribution in [0.5, 0.6) is 11.5 Å². The van der Waals surface area contributed by atoms with Crippen LogP contribution in [0, 0.1) is 6.92 Å². The Balaban J connectivity index is 2.01. The summed E-state index contributed by atoms with van der Waals surface area (Å²) in [6.07, 6.45) is 1.46. The first-order valence-corrected chi connectivity index (χ1v) is 7.64. The molecule has 0 unspecified atom stereocenters. The van der Waals surface area contributed by atoms with Crippen molar-refractivity contribution < 1.29 is 14.3 Å². The normalized spacial score (nSPS) is 10.5. The lowest BCUT2D eigenvalue weighted by Gasteiger charge is -2.13. The Kier molecular flexibility index (Phi) is 4.65. The molecule has 0 aliphatic heterocycles. The summed E-state index contributed by atoms with van der Waals surface area (Å²) in [4.78, 5) is 19.5. The first kappa shape index (κ1) is 16.5. The zero-order valence-corrected chi connectivity index (χ0v) is 13.9. The monoisotopic (exact) mass is 338 g/mol. The Bertz CT molecular complexity index is 927. The number of carbonyl (C=O) groups is 1. The summed E-state index contributed by atoms with van der Waals surface area (Å²) in [7, 11) is 1.52. The van der Waals surface area contributed by atoms with E-state index in [1.54, 1.807) is 12.1 Å². The molecule has 1 aromatic heterocycles. The first-order valence-electron chi connectivity index (χ1n) is 7.64. The molecule has 128 valence electrons. The zero-order chi connectivity index (χ0) is 17.8. The molecule has 3 aromatic rings. The van der Waals surface area contributed by atoms with Crippen molar-refractivity contribution in [1.29, 1.82) is 0 Å². The highest BCUT2D eigenvalue weighted by Crippen LogP contribution is 2.34. The molecule has 0 radical (unpaired) electrons. The molecule has 0 atom stereocenters. The molecule has 0 aliphatic rings. The largest absolute Gasteiger partial charge is 0.493 e. The summed E-state index contributed by atoms with van der Waals surface area (Å²) < 4.78 is 10.7. The van der Waals surface area contributed by atoms with Crippen LogP contribution in [0.25, 0.3) is 10.9 Å². The molecule has 3 N–H and O–H groups in total. The summed E-state index contributed by atoms with van der Waals surface area (Å²) in [5.74, 6) is 0.951. The van der Waals surface area contributed by atoms with Gasteiger partial charge in [0.2, 0.25) is 0 Å². The van der Waals surface area contributed by atoms with Gasteiger partial charge in [-0.1, -0.05) is 12.1 Å². The highest BCUT2D eigenvalue weighted by atomic mass is 16.5. The number of nitrogens with zero attached hydrogens (tertiary/aromatic N) is 2. The number of primary amides is 1. The molecule has 7 nitrogen and oxygen atoms in total. The molecule has 0 aliphatic carbocycles. The number of aryl methyl sites for hydroxylation is 1. The van der Waals surface area contributed by atoms with E-state index >= 15 is 0 Å². The molecule has 1 amide bonds. The van der Waals surface area contributed by atoms with Crippen LogP contribution in [0.4, 0.5) is 11.5 Å². The van der Waals surface area contributed by atoms with Crippen LogP contribution in [0.2, 0.25) is 0 Å². The van der Waals surface area contributed by atoms with Crippen molar-refractivity contribution >= 4 is 28.3 Å². The van der Waals surface area contributed by atoms with Crippen molar-refractivity contribution in [3.05, 3.63) is 48.3 Å². The summed E-state index contributed by atoms with van der Waals surface area (Å²) in [6.45, 7) is 1.79. The molecule has 7 heteroatoms. The average Bonchev–Trinajstić information content (AvgIpc) is 2.59. The van der Waals surface area contributed by atoms with Gasteiger partial charge in [-0.05, 0) is 30.7 Å². The second-order valence-corrected chi connectivity index (χ2v) is 5.49. The number of hydrogen-bond acceptors (Lipinski definition) is 6. The van der Waals surface area contributed by atoms with E-state index < -0.39 is 5.91 Å². The molecule has 0 saturated heterocycles. The molecule has 0 spiro atoms. The van der Waals surface area contributed by atoms with Crippen LogP contribution in [0.3, 0.4) is 0 Å². The summed E-state index contributed by atoms with van der Waals surface area (Å²) >= 11 is 0. The van der Waals surface area contributed by atoms with Crippen LogP contribution >= 0.6 is 0 Å². The van der Waals surface area contributed by atoms with E-state index in [4.69, 9.17) is 15.2 Å². The SMILES string of the molecule is COc1cc2c(Nc3cccc(C)c3)ncnc2cc1OCC(N)=O. The third-order valence-corrected chi connectivity index (χ3v) is 3.57. The third-order valence-electron chi connectivity index (χ3n) is 3.57. The number of rotatable bonds is 6. The Morgan fingerprint density at radius 3 is 2.76 bits per heavy atom. The minimum absolute atomic E-state index is 0.235. The van der Waals surface area contributed by atoms with Gasteiger partial charge in [0.05, 0.1) is 12.6 Å². The van der Waals surface area contributed by atoms with Crippen molar-refractivity contribution in [2.75, 3.05) is 19.0 Å². The number of fused-ring (bicyclic) bond motifs is 1. The van der Waals surface area contributed by atoms with E-state index in [-0.39, 0.29) is 6.61 Å². The summed E-state index contributed by atoms with van der Waals surface area (Å²) in [5, 5.41) is 4.06.